The van der Waals surface area contributed by atoms with Gasteiger partial charge in [0.1, 0.15) is 0 Å². The molecule has 32 heavy (non-hydrogen) atoms. The van der Waals surface area contributed by atoms with Crippen LogP contribution in [-0.4, -0.2) is 91.6 Å². The third-order valence-electron chi connectivity index (χ3n) is 4.77. The van der Waals surface area contributed by atoms with E-state index in [4.69, 9.17) is 0 Å². The van der Waals surface area contributed by atoms with Gasteiger partial charge in [-0.3, -0.25) is 0 Å². The van der Waals surface area contributed by atoms with Gasteiger partial charge in [-0.25, -0.2) is 0 Å². The minimum atomic E-state index is -0.753. The van der Waals surface area contributed by atoms with Crippen molar-refractivity contribution in [1.29, 1.82) is 0 Å². The predicted octanol–water partition coefficient (Wildman–Crippen LogP) is 1.47. The SMILES string of the molecule is C[CH2][Sn][CH2]CC(=O)NCC=C(C)CC(NC(=O)C[CH2][Sn][CH2]C)C(=O)NC(CC)C(=O)NC. The zero-order chi connectivity index (χ0) is 24.4. The summed E-state index contributed by atoms with van der Waals surface area (Å²) in [6.07, 6.45) is 3.70. The summed E-state index contributed by atoms with van der Waals surface area (Å²) in [6.45, 7) is 8.42. The van der Waals surface area contributed by atoms with Gasteiger partial charge in [0, 0.05) is 0 Å². The molecule has 0 aliphatic heterocycles. The van der Waals surface area contributed by atoms with Gasteiger partial charge in [-0.15, -0.1) is 0 Å². The van der Waals surface area contributed by atoms with Crippen LogP contribution in [0.2, 0.25) is 17.7 Å². The molecule has 0 fully saturated rings. The number of amides is 4. The second-order valence-electron chi connectivity index (χ2n) is 7.47. The number of rotatable bonds is 17. The van der Waals surface area contributed by atoms with E-state index >= 15 is 0 Å². The zero-order valence-electron chi connectivity index (χ0n) is 20.2. The molecular weight excluding hydrogens is 622 g/mol. The van der Waals surface area contributed by atoms with Crippen LogP contribution in [0, 0.1) is 0 Å². The first-order valence-electron chi connectivity index (χ1n) is 11.4. The summed E-state index contributed by atoms with van der Waals surface area (Å²) in [5, 5.41) is 11.0. The van der Waals surface area contributed by atoms with Crippen LogP contribution in [0.4, 0.5) is 0 Å². The van der Waals surface area contributed by atoms with Crippen molar-refractivity contribution >= 4 is 65.9 Å². The van der Waals surface area contributed by atoms with Crippen LogP contribution in [0.3, 0.4) is 0 Å². The van der Waals surface area contributed by atoms with E-state index in [0.717, 1.165) is 14.4 Å². The summed E-state index contributed by atoms with van der Waals surface area (Å²) in [6, 6.07) is -1.39. The first-order chi connectivity index (χ1) is 15.3. The van der Waals surface area contributed by atoms with E-state index in [2.05, 4.69) is 35.1 Å². The van der Waals surface area contributed by atoms with Crippen LogP contribution in [0.5, 0.6) is 0 Å². The molecule has 0 saturated carbocycles. The monoisotopic (exact) mass is 664 g/mol. The fourth-order valence-corrected chi connectivity index (χ4v) is 7.19. The van der Waals surface area contributed by atoms with E-state index in [1.165, 1.54) is 15.9 Å². The summed E-state index contributed by atoms with van der Waals surface area (Å²) in [7, 11) is 1.53. The van der Waals surface area contributed by atoms with Crippen molar-refractivity contribution in [3.8, 4) is 0 Å². The van der Waals surface area contributed by atoms with Crippen LogP contribution in [0.15, 0.2) is 11.6 Å². The molecule has 8 nitrogen and oxygen atoms in total. The molecule has 0 saturated heterocycles. The Balaban J connectivity index is 5.00. The maximum atomic E-state index is 12.9. The Morgan fingerprint density at radius 3 is 1.97 bits per heavy atom. The first-order valence-corrected chi connectivity index (χ1v) is 19.5. The van der Waals surface area contributed by atoms with E-state index in [-0.39, 0.29) is 44.8 Å². The average molecular weight is 662 g/mol. The van der Waals surface area contributed by atoms with Crippen molar-refractivity contribution in [2.45, 2.75) is 83.2 Å². The van der Waals surface area contributed by atoms with E-state index < -0.39 is 33.2 Å². The number of hydrogen-bond donors (Lipinski definition) is 4. The van der Waals surface area contributed by atoms with Crippen molar-refractivity contribution in [1.82, 2.24) is 21.3 Å². The Hall–Kier alpha value is -0.783. The van der Waals surface area contributed by atoms with Gasteiger partial charge in [0.2, 0.25) is 0 Å². The van der Waals surface area contributed by atoms with Gasteiger partial charge in [-0.1, -0.05) is 0 Å². The van der Waals surface area contributed by atoms with Crippen LogP contribution >= 0.6 is 0 Å². The molecular formula is C22H40N4O4Sn2. The van der Waals surface area contributed by atoms with Gasteiger partial charge in [-0.05, 0) is 0 Å². The Morgan fingerprint density at radius 2 is 1.44 bits per heavy atom. The maximum absolute atomic E-state index is 12.9. The fourth-order valence-electron chi connectivity index (χ4n) is 2.87. The molecule has 0 bridgehead atoms. The molecule has 0 spiro atoms. The summed E-state index contributed by atoms with van der Waals surface area (Å²) >= 11 is -0.852. The van der Waals surface area contributed by atoms with Gasteiger partial charge in [0.05, 0.1) is 0 Å². The van der Waals surface area contributed by atoms with Gasteiger partial charge in [0.25, 0.3) is 0 Å². The average Bonchev–Trinajstić information content (AvgIpc) is 2.76. The van der Waals surface area contributed by atoms with Crippen molar-refractivity contribution in [2.24, 2.45) is 0 Å². The minimum absolute atomic E-state index is 0.0587. The van der Waals surface area contributed by atoms with E-state index in [0.29, 0.717) is 32.2 Å². The van der Waals surface area contributed by atoms with Gasteiger partial charge < -0.3 is 0 Å². The zero-order valence-corrected chi connectivity index (χ0v) is 25.9. The van der Waals surface area contributed by atoms with Crippen molar-refractivity contribution < 1.29 is 19.2 Å². The third kappa shape index (κ3) is 15.1. The molecule has 0 aromatic carbocycles. The number of likely N-dealkylation sites (N-methyl/N-ethyl adjacent to an activating group) is 1. The number of nitrogens with one attached hydrogen (secondary N) is 4. The third-order valence-corrected chi connectivity index (χ3v) is 11.1. The number of hydrogen-bond acceptors (Lipinski definition) is 4. The van der Waals surface area contributed by atoms with Gasteiger partial charge in [0.15, 0.2) is 0 Å². The topological polar surface area (TPSA) is 116 Å². The number of carbonyl (C=O) groups excluding carboxylic acids is 4. The molecule has 4 N–H and O–H groups in total. The Bertz CT molecular complexity index is 629. The molecule has 2 unspecified atom stereocenters. The normalized spacial score (nSPS) is 13.1. The molecule has 0 aromatic rings. The molecule has 0 aliphatic rings. The molecule has 0 heterocycles. The molecule has 2 atom stereocenters. The summed E-state index contributed by atoms with van der Waals surface area (Å²) < 4.78 is 4.41. The quantitative estimate of drug-likeness (QED) is 0.107. The predicted molar refractivity (Wildman–Crippen MR) is 131 cm³/mol. The summed E-state index contributed by atoms with van der Waals surface area (Å²) in [4.78, 5) is 49.1. The van der Waals surface area contributed by atoms with Crippen molar-refractivity contribution in [2.75, 3.05) is 13.6 Å². The van der Waals surface area contributed by atoms with Crippen molar-refractivity contribution in [3.05, 3.63) is 11.6 Å². The number of carbonyl (C=O) groups is 4. The standard InChI is InChI=1S/C18H30N4O4.2C2H5.2Sn/c1-6-13(17(25)19-5)22-18(26)14(21-16(24)8-3)11-12(4)9-10-20-15(23)7-2;2*1-2;;/h9,13-14H,2-3,6-8,10-11H2,1,4-5H3,(H,19,25)(H,20,23)(H,21,24)(H,22,26);2*1H2,2H3;;. The molecule has 4 radical (unpaired) electrons. The first kappa shape index (κ1) is 31.2. The van der Waals surface area contributed by atoms with E-state index in [1.54, 1.807) is 0 Å². The molecule has 0 aliphatic carbocycles. The second-order valence-corrected chi connectivity index (χ2v) is 17.2. The molecule has 4 amide bonds. The molecule has 180 valence electrons. The van der Waals surface area contributed by atoms with Gasteiger partial charge in [-0.2, -0.15) is 0 Å². The second kappa shape index (κ2) is 19.7. The van der Waals surface area contributed by atoms with Gasteiger partial charge >= 0.3 is 215 Å². The Kier molecular flexibility index (Phi) is 19.2. The summed E-state index contributed by atoms with van der Waals surface area (Å²) in [5.41, 5.74) is 0.897. The van der Waals surface area contributed by atoms with E-state index in [1.807, 2.05) is 19.9 Å². The Labute approximate surface area is 213 Å². The van der Waals surface area contributed by atoms with Crippen LogP contribution in [0.1, 0.15) is 53.4 Å². The molecule has 10 heteroatoms. The van der Waals surface area contributed by atoms with Crippen LogP contribution in [-0.2, 0) is 19.2 Å². The Morgan fingerprint density at radius 1 is 0.844 bits per heavy atom. The molecule has 0 aromatic heterocycles. The van der Waals surface area contributed by atoms with Crippen molar-refractivity contribution in [3.63, 3.8) is 0 Å². The van der Waals surface area contributed by atoms with Crippen LogP contribution in [0.25, 0.3) is 0 Å². The summed E-state index contributed by atoms with van der Waals surface area (Å²) in [5.74, 6) is -0.701. The fraction of sp³-hybridized carbons (Fsp3) is 0.727. The molecule has 0 rings (SSSR count). The van der Waals surface area contributed by atoms with E-state index in [9.17, 15) is 19.2 Å². The van der Waals surface area contributed by atoms with Crippen LogP contribution < -0.4 is 21.3 Å².